The average molecular weight is 615 g/mol. The molecule has 0 saturated carbocycles. The lowest BCUT2D eigenvalue weighted by Crippen LogP contribution is -2.30. The first-order valence-electron chi connectivity index (χ1n) is 12.5. The standard InChI is InChI=1S/C32H28BrN3O3S/c1-36(2)27-16-8-22(9-17-27)20-29(35-31(38)24-6-4-3-5-7-24)32(39)34-26-14-18-28(19-15-26)40-21-30(37)23-10-12-25(33)13-11-23/h3-20H,21H2,1-2H3,(H,34,39)(H,35,38)/b29-20-. The number of carbonyl (C=O) groups is 3. The quantitative estimate of drug-likeness (QED) is 0.116. The van der Waals surface area contributed by atoms with Gasteiger partial charge in [0.2, 0.25) is 0 Å². The van der Waals surface area contributed by atoms with Crippen LogP contribution in [0.3, 0.4) is 0 Å². The van der Waals surface area contributed by atoms with Crippen LogP contribution in [0.15, 0.2) is 118 Å². The van der Waals surface area contributed by atoms with E-state index in [9.17, 15) is 14.4 Å². The Labute approximate surface area is 246 Å². The smallest absolute Gasteiger partial charge is 0.272 e. The molecule has 0 heterocycles. The molecule has 4 rings (SSSR count). The Morgan fingerprint density at radius 2 is 1.45 bits per heavy atom. The summed E-state index contributed by atoms with van der Waals surface area (Å²) < 4.78 is 0.925. The number of hydrogen-bond donors (Lipinski definition) is 2. The molecule has 0 saturated heterocycles. The van der Waals surface area contributed by atoms with Crippen molar-refractivity contribution in [1.82, 2.24) is 5.32 Å². The van der Waals surface area contributed by atoms with Gasteiger partial charge in [-0.25, -0.2) is 0 Å². The maximum Gasteiger partial charge on any atom is 0.272 e. The number of nitrogens with one attached hydrogen (secondary N) is 2. The second kappa shape index (κ2) is 13.8. The summed E-state index contributed by atoms with van der Waals surface area (Å²) in [6, 6.07) is 30.9. The van der Waals surface area contributed by atoms with Crippen molar-refractivity contribution >= 4 is 62.7 Å². The number of ketones is 1. The Hall–Kier alpha value is -4.14. The van der Waals surface area contributed by atoms with Crippen LogP contribution >= 0.6 is 27.7 Å². The van der Waals surface area contributed by atoms with Crippen molar-refractivity contribution in [3.63, 3.8) is 0 Å². The van der Waals surface area contributed by atoms with Gasteiger partial charge in [-0.2, -0.15) is 0 Å². The van der Waals surface area contributed by atoms with E-state index < -0.39 is 5.91 Å². The number of nitrogens with zero attached hydrogens (tertiary/aromatic N) is 1. The number of benzene rings is 4. The molecule has 8 heteroatoms. The third-order valence-corrected chi connectivity index (χ3v) is 7.44. The molecule has 0 bridgehead atoms. The molecule has 0 radical (unpaired) electrons. The normalized spacial score (nSPS) is 11.0. The maximum absolute atomic E-state index is 13.3. The Kier molecular flexibility index (Phi) is 9.94. The van der Waals surface area contributed by atoms with Gasteiger partial charge in [-0.05, 0) is 72.3 Å². The lowest BCUT2D eigenvalue weighted by molar-refractivity contribution is -0.113. The summed E-state index contributed by atoms with van der Waals surface area (Å²) in [6.07, 6.45) is 1.65. The van der Waals surface area contributed by atoms with Gasteiger partial charge in [-0.15, -0.1) is 11.8 Å². The fourth-order valence-electron chi connectivity index (χ4n) is 3.68. The number of anilines is 2. The lowest BCUT2D eigenvalue weighted by Gasteiger charge is -2.13. The van der Waals surface area contributed by atoms with Gasteiger partial charge in [-0.3, -0.25) is 14.4 Å². The highest BCUT2D eigenvalue weighted by atomic mass is 79.9. The largest absolute Gasteiger partial charge is 0.378 e. The highest BCUT2D eigenvalue weighted by molar-refractivity contribution is 9.10. The first-order chi connectivity index (χ1) is 19.3. The van der Waals surface area contributed by atoms with E-state index >= 15 is 0 Å². The van der Waals surface area contributed by atoms with Gasteiger partial charge in [-0.1, -0.05) is 58.4 Å². The number of carbonyl (C=O) groups excluding carboxylic acids is 3. The van der Waals surface area contributed by atoms with E-state index in [4.69, 9.17) is 0 Å². The van der Waals surface area contributed by atoms with Gasteiger partial charge in [0.05, 0.1) is 5.75 Å². The summed E-state index contributed by atoms with van der Waals surface area (Å²) in [5, 5.41) is 5.62. The molecule has 2 N–H and O–H groups in total. The van der Waals surface area contributed by atoms with Crippen molar-refractivity contribution in [3.8, 4) is 0 Å². The van der Waals surface area contributed by atoms with Crippen LogP contribution in [-0.4, -0.2) is 37.4 Å². The average Bonchev–Trinajstić information content (AvgIpc) is 2.97. The van der Waals surface area contributed by atoms with Crippen molar-refractivity contribution in [2.75, 3.05) is 30.1 Å². The fraction of sp³-hybridized carbons (Fsp3) is 0.0938. The van der Waals surface area contributed by atoms with Crippen molar-refractivity contribution in [2.45, 2.75) is 4.90 Å². The molecule has 0 aromatic heterocycles. The van der Waals surface area contributed by atoms with E-state index in [1.807, 2.05) is 73.6 Å². The van der Waals surface area contributed by atoms with Crippen LogP contribution in [0.4, 0.5) is 11.4 Å². The molecular formula is C32H28BrN3O3S. The molecule has 0 aliphatic carbocycles. The minimum absolute atomic E-state index is 0.0393. The zero-order valence-electron chi connectivity index (χ0n) is 22.1. The van der Waals surface area contributed by atoms with Crippen molar-refractivity contribution in [2.24, 2.45) is 0 Å². The van der Waals surface area contributed by atoms with E-state index in [2.05, 4.69) is 26.6 Å². The molecule has 6 nitrogen and oxygen atoms in total. The minimum atomic E-state index is -0.452. The fourth-order valence-corrected chi connectivity index (χ4v) is 4.74. The number of amides is 2. The lowest BCUT2D eigenvalue weighted by atomic mass is 10.1. The second-order valence-corrected chi connectivity index (χ2v) is 11.0. The van der Waals surface area contributed by atoms with Crippen LogP contribution < -0.4 is 15.5 Å². The van der Waals surface area contributed by atoms with Crippen molar-refractivity contribution < 1.29 is 14.4 Å². The summed E-state index contributed by atoms with van der Waals surface area (Å²) in [5.41, 5.74) is 3.58. The van der Waals surface area contributed by atoms with Gasteiger partial charge in [0.1, 0.15) is 5.70 Å². The highest BCUT2D eigenvalue weighted by Gasteiger charge is 2.15. The van der Waals surface area contributed by atoms with Crippen LogP contribution in [0.2, 0.25) is 0 Å². The monoisotopic (exact) mass is 613 g/mol. The maximum atomic E-state index is 13.3. The van der Waals surface area contributed by atoms with Crippen molar-refractivity contribution in [3.05, 3.63) is 130 Å². The number of halogens is 1. The van der Waals surface area contributed by atoms with Crippen molar-refractivity contribution in [1.29, 1.82) is 0 Å². The van der Waals surface area contributed by atoms with E-state index in [-0.39, 0.29) is 17.4 Å². The van der Waals surface area contributed by atoms with Crippen LogP contribution in [0.1, 0.15) is 26.3 Å². The zero-order chi connectivity index (χ0) is 28.5. The summed E-state index contributed by atoms with van der Waals surface area (Å²) in [6.45, 7) is 0. The first-order valence-corrected chi connectivity index (χ1v) is 14.2. The molecular weight excluding hydrogens is 586 g/mol. The third kappa shape index (κ3) is 8.18. The number of rotatable bonds is 10. The molecule has 0 spiro atoms. The van der Waals surface area contributed by atoms with Crippen LogP contribution in [-0.2, 0) is 4.79 Å². The Bertz CT molecular complexity index is 1500. The van der Waals surface area contributed by atoms with Gasteiger partial charge in [0.25, 0.3) is 11.8 Å². The SMILES string of the molecule is CN(C)c1ccc(/C=C(\NC(=O)c2ccccc2)C(=O)Nc2ccc(SCC(=O)c3ccc(Br)cc3)cc2)cc1. The van der Waals surface area contributed by atoms with Gasteiger partial charge >= 0.3 is 0 Å². The molecule has 202 valence electrons. The van der Waals surface area contributed by atoms with Gasteiger partial charge < -0.3 is 15.5 Å². The van der Waals surface area contributed by atoms with Crippen LogP contribution in [0.25, 0.3) is 6.08 Å². The third-order valence-electron chi connectivity index (χ3n) is 5.90. The van der Waals surface area contributed by atoms with E-state index in [0.717, 1.165) is 20.6 Å². The van der Waals surface area contributed by atoms with Gasteiger partial charge in [0.15, 0.2) is 5.78 Å². The van der Waals surface area contributed by atoms with Crippen LogP contribution in [0.5, 0.6) is 0 Å². The van der Waals surface area contributed by atoms with Gasteiger partial charge in [0, 0.05) is 46.0 Å². The first kappa shape index (κ1) is 28.9. The summed E-state index contributed by atoms with van der Waals surface area (Å²) in [5.74, 6) is -0.489. The number of Topliss-reactive ketones (excluding diaryl/α,β-unsaturated/α-hetero) is 1. The number of thioether (sulfide) groups is 1. The van der Waals surface area contributed by atoms with E-state index in [0.29, 0.717) is 22.6 Å². The van der Waals surface area contributed by atoms with E-state index in [1.165, 1.54) is 11.8 Å². The molecule has 2 amide bonds. The zero-order valence-corrected chi connectivity index (χ0v) is 24.5. The topological polar surface area (TPSA) is 78.5 Å². The minimum Gasteiger partial charge on any atom is -0.378 e. The van der Waals surface area contributed by atoms with E-state index in [1.54, 1.807) is 54.6 Å². The molecule has 0 aliphatic heterocycles. The Morgan fingerprint density at radius 1 is 0.800 bits per heavy atom. The Morgan fingerprint density at radius 3 is 2.08 bits per heavy atom. The molecule has 0 atom stereocenters. The molecule has 0 aliphatic rings. The van der Waals surface area contributed by atoms with Crippen LogP contribution in [0, 0.1) is 0 Å². The predicted molar refractivity (Wildman–Crippen MR) is 167 cm³/mol. The molecule has 4 aromatic carbocycles. The summed E-state index contributed by atoms with van der Waals surface area (Å²) >= 11 is 4.80. The molecule has 0 fully saturated rings. The highest BCUT2D eigenvalue weighted by Crippen LogP contribution is 2.23. The molecule has 0 unspecified atom stereocenters. The summed E-state index contributed by atoms with van der Waals surface area (Å²) in [4.78, 5) is 41.5. The predicted octanol–water partition coefficient (Wildman–Crippen LogP) is 6.90. The number of hydrogen-bond acceptors (Lipinski definition) is 5. The summed E-state index contributed by atoms with van der Waals surface area (Å²) in [7, 11) is 3.90. The second-order valence-electron chi connectivity index (χ2n) is 9.06. The molecule has 4 aromatic rings. The Balaban J connectivity index is 1.45. The molecule has 40 heavy (non-hydrogen) atoms.